The summed E-state index contributed by atoms with van der Waals surface area (Å²) in [5.41, 5.74) is 7.34. The summed E-state index contributed by atoms with van der Waals surface area (Å²) in [5, 5.41) is 19.5. The Morgan fingerprint density at radius 1 is 1.53 bits per heavy atom. The fourth-order valence-corrected chi connectivity index (χ4v) is 1.86. The van der Waals surface area contributed by atoms with E-state index in [0.29, 0.717) is 16.8 Å². The van der Waals surface area contributed by atoms with Crippen LogP contribution in [0.15, 0.2) is 18.2 Å². The number of aliphatic hydroxyl groups is 1. The van der Waals surface area contributed by atoms with Crippen LogP contribution >= 0.6 is 0 Å². The number of fused-ring (bicyclic) bond motifs is 1. The first-order valence-corrected chi connectivity index (χ1v) is 6.18. The van der Waals surface area contributed by atoms with E-state index in [1.165, 1.54) is 0 Å². The molecular formula is C13H18N4O2. The van der Waals surface area contributed by atoms with E-state index in [0.717, 1.165) is 5.52 Å². The van der Waals surface area contributed by atoms with E-state index in [2.05, 4.69) is 15.5 Å². The highest BCUT2D eigenvalue weighted by atomic mass is 16.3. The molecule has 0 saturated heterocycles. The van der Waals surface area contributed by atoms with E-state index in [9.17, 15) is 9.90 Å². The molecule has 6 nitrogen and oxygen atoms in total. The van der Waals surface area contributed by atoms with Crippen molar-refractivity contribution in [3.63, 3.8) is 0 Å². The van der Waals surface area contributed by atoms with Gasteiger partial charge in [-0.1, -0.05) is 13.8 Å². The van der Waals surface area contributed by atoms with E-state index < -0.39 is 0 Å². The van der Waals surface area contributed by atoms with E-state index in [1.54, 1.807) is 18.2 Å². The Morgan fingerprint density at radius 3 is 2.89 bits per heavy atom. The number of benzene rings is 1. The standard InChI is InChI=1S/C13H18N4O2/c1-7(2)11(6-18)15-13(19)12-9-5-8(14)3-4-10(9)16-17-12/h3-5,7,11,18H,6,14H2,1-2H3,(H,15,19)(H,16,17). The summed E-state index contributed by atoms with van der Waals surface area (Å²) in [6.45, 7) is 3.76. The molecule has 1 atom stereocenters. The molecular weight excluding hydrogens is 244 g/mol. The molecule has 102 valence electrons. The summed E-state index contributed by atoms with van der Waals surface area (Å²) in [7, 11) is 0. The molecule has 0 aliphatic carbocycles. The molecule has 0 bridgehead atoms. The van der Waals surface area contributed by atoms with Gasteiger partial charge >= 0.3 is 0 Å². The molecule has 1 aromatic heterocycles. The maximum Gasteiger partial charge on any atom is 0.272 e. The van der Waals surface area contributed by atoms with Crippen molar-refractivity contribution in [1.29, 1.82) is 0 Å². The van der Waals surface area contributed by atoms with Gasteiger partial charge in [-0.05, 0) is 24.1 Å². The number of aromatic nitrogens is 2. The van der Waals surface area contributed by atoms with Gasteiger partial charge in [-0.25, -0.2) is 0 Å². The number of aromatic amines is 1. The zero-order valence-electron chi connectivity index (χ0n) is 11.0. The van der Waals surface area contributed by atoms with Gasteiger partial charge in [0.1, 0.15) is 0 Å². The minimum Gasteiger partial charge on any atom is -0.399 e. The van der Waals surface area contributed by atoms with Crippen LogP contribution in [0.4, 0.5) is 5.69 Å². The van der Waals surface area contributed by atoms with E-state index in [1.807, 2.05) is 13.8 Å². The lowest BCUT2D eigenvalue weighted by Gasteiger charge is -2.19. The van der Waals surface area contributed by atoms with Crippen LogP contribution in [0.3, 0.4) is 0 Å². The Balaban J connectivity index is 2.29. The number of anilines is 1. The van der Waals surface area contributed by atoms with Crippen molar-refractivity contribution in [2.24, 2.45) is 5.92 Å². The van der Waals surface area contributed by atoms with Gasteiger partial charge in [0, 0.05) is 11.1 Å². The van der Waals surface area contributed by atoms with E-state index in [4.69, 9.17) is 5.73 Å². The molecule has 0 spiro atoms. The molecule has 5 N–H and O–H groups in total. The highest BCUT2D eigenvalue weighted by Gasteiger charge is 2.19. The molecule has 1 aromatic carbocycles. The predicted octanol–water partition coefficient (Wildman–Crippen LogP) is 0.892. The maximum atomic E-state index is 12.2. The molecule has 0 aliphatic heterocycles. The lowest BCUT2D eigenvalue weighted by Crippen LogP contribution is -2.41. The molecule has 2 aromatic rings. The molecule has 1 unspecified atom stereocenters. The van der Waals surface area contributed by atoms with Crippen LogP contribution < -0.4 is 11.1 Å². The first-order valence-electron chi connectivity index (χ1n) is 6.18. The molecule has 6 heteroatoms. The summed E-state index contributed by atoms with van der Waals surface area (Å²) in [4.78, 5) is 12.2. The van der Waals surface area contributed by atoms with Crippen LogP contribution in [-0.4, -0.2) is 33.9 Å². The fourth-order valence-electron chi connectivity index (χ4n) is 1.86. The first kappa shape index (κ1) is 13.4. The van der Waals surface area contributed by atoms with Crippen LogP contribution in [0.1, 0.15) is 24.3 Å². The van der Waals surface area contributed by atoms with Crippen molar-refractivity contribution in [3.8, 4) is 0 Å². The number of nitrogen functional groups attached to an aromatic ring is 1. The molecule has 0 fully saturated rings. The van der Waals surface area contributed by atoms with Crippen LogP contribution in [0.25, 0.3) is 10.9 Å². The van der Waals surface area contributed by atoms with Gasteiger partial charge in [0.15, 0.2) is 5.69 Å². The number of hydrogen-bond donors (Lipinski definition) is 4. The molecule has 19 heavy (non-hydrogen) atoms. The monoisotopic (exact) mass is 262 g/mol. The Hall–Kier alpha value is -2.08. The third-order valence-corrected chi connectivity index (χ3v) is 3.12. The summed E-state index contributed by atoms with van der Waals surface area (Å²) in [5.74, 6) is -0.172. The van der Waals surface area contributed by atoms with Crippen molar-refractivity contribution in [3.05, 3.63) is 23.9 Å². The van der Waals surface area contributed by atoms with Gasteiger partial charge in [0.2, 0.25) is 0 Å². The quantitative estimate of drug-likeness (QED) is 0.614. The molecule has 2 rings (SSSR count). The smallest absolute Gasteiger partial charge is 0.272 e. The number of H-pyrrole nitrogens is 1. The first-order chi connectivity index (χ1) is 9.02. The average Bonchev–Trinajstić information content (AvgIpc) is 2.78. The Labute approximate surface area is 111 Å². The zero-order chi connectivity index (χ0) is 14.0. The molecule has 1 amide bonds. The summed E-state index contributed by atoms with van der Waals surface area (Å²) >= 11 is 0. The zero-order valence-corrected chi connectivity index (χ0v) is 11.0. The van der Waals surface area contributed by atoms with Gasteiger partial charge in [-0.15, -0.1) is 0 Å². The number of aliphatic hydroxyl groups excluding tert-OH is 1. The third-order valence-electron chi connectivity index (χ3n) is 3.12. The van der Waals surface area contributed by atoms with Crippen LogP contribution in [0, 0.1) is 5.92 Å². The Kier molecular flexibility index (Phi) is 3.71. The van der Waals surface area contributed by atoms with Crippen LogP contribution in [-0.2, 0) is 0 Å². The predicted molar refractivity (Wildman–Crippen MR) is 73.7 cm³/mol. The van der Waals surface area contributed by atoms with Crippen LogP contribution in [0.2, 0.25) is 0 Å². The number of carbonyl (C=O) groups is 1. The SMILES string of the molecule is CC(C)C(CO)NC(=O)c1n[nH]c2ccc(N)cc12. The summed E-state index contributed by atoms with van der Waals surface area (Å²) in [6, 6.07) is 4.94. The molecule has 0 saturated carbocycles. The van der Waals surface area contributed by atoms with Crippen molar-refractivity contribution >= 4 is 22.5 Å². The van der Waals surface area contributed by atoms with Gasteiger partial charge in [0.05, 0.1) is 18.2 Å². The average molecular weight is 262 g/mol. The number of nitrogens with one attached hydrogen (secondary N) is 2. The van der Waals surface area contributed by atoms with E-state index in [-0.39, 0.29) is 24.5 Å². The van der Waals surface area contributed by atoms with E-state index >= 15 is 0 Å². The topological polar surface area (TPSA) is 104 Å². The number of amides is 1. The normalized spacial score (nSPS) is 12.8. The maximum absolute atomic E-state index is 12.2. The second-order valence-electron chi connectivity index (χ2n) is 4.88. The fraction of sp³-hybridized carbons (Fsp3) is 0.385. The van der Waals surface area contributed by atoms with Crippen molar-refractivity contribution < 1.29 is 9.90 Å². The lowest BCUT2D eigenvalue weighted by molar-refractivity contribution is 0.0893. The van der Waals surface area contributed by atoms with Crippen LogP contribution in [0.5, 0.6) is 0 Å². The van der Waals surface area contributed by atoms with Crippen molar-refractivity contribution in [2.45, 2.75) is 19.9 Å². The van der Waals surface area contributed by atoms with Crippen molar-refractivity contribution in [2.75, 3.05) is 12.3 Å². The third kappa shape index (κ3) is 2.68. The summed E-state index contributed by atoms with van der Waals surface area (Å²) < 4.78 is 0. The highest BCUT2D eigenvalue weighted by molar-refractivity contribution is 6.05. The second-order valence-corrected chi connectivity index (χ2v) is 4.88. The number of carbonyl (C=O) groups excluding carboxylic acids is 1. The summed E-state index contributed by atoms with van der Waals surface area (Å²) in [6.07, 6.45) is 0. The number of rotatable bonds is 4. The van der Waals surface area contributed by atoms with Gasteiger partial charge in [0.25, 0.3) is 5.91 Å². The minimum absolute atomic E-state index is 0.103. The Bertz CT molecular complexity index is 591. The van der Waals surface area contributed by atoms with Crippen molar-refractivity contribution in [1.82, 2.24) is 15.5 Å². The second kappa shape index (κ2) is 5.27. The van der Waals surface area contributed by atoms with Gasteiger partial charge in [-0.2, -0.15) is 5.10 Å². The molecule has 0 radical (unpaired) electrons. The lowest BCUT2D eigenvalue weighted by atomic mass is 10.1. The highest BCUT2D eigenvalue weighted by Crippen LogP contribution is 2.19. The van der Waals surface area contributed by atoms with Gasteiger partial charge in [-0.3, -0.25) is 9.89 Å². The van der Waals surface area contributed by atoms with Gasteiger partial charge < -0.3 is 16.2 Å². The number of nitrogens with zero attached hydrogens (tertiary/aromatic N) is 1. The number of hydrogen-bond acceptors (Lipinski definition) is 4. The largest absolute Gasteiger partial charge is 0.399 e. The molecule has 0 aliphatic rings. The number of nitrogens with two attached hydrogens (primary N) is 1. The minimum atomic E-state index is -0.315. The molecule has 1 heterocycles. The Morgan fingerprint density at radius 2 is 2.26 bits per heavy atom.